The summed E-state index contributed by atoms with van der Waals surface area (Å²) >= 11 is 0. The molecule has 27 heavy (non-hydrogen) atoms. The van der Waals surface area contributed by atoms with Gasteiger partial charge in [0.1, 0.15) is 6.04 Å². The third kappa shape index (κ3) is 4.86. The van der Waals surface area contributed by atoms with Crippen LogP contribution in [0.5, 0.6) is 0 Å². The summed E-state index contributed by atoms with van der Waals surface area (Å²) in [6, 6.07) is -2.26. The molecule has 0 aromatic carbocycles. The number of ketones is 1. The number of carbonyl (C=O) groups is 1. The van der Waals surface area contributed by atoms with Crippen LogP contribution >= 0.6 is 0 Å². The molecule has 2 N–H and O–H groups in total. The fourth-order valence-corrected chi connectivity index (χ4v) is 2.19. The highest BCUT2D eigenvalue weighted by atomic mass is 19.4. The molecule has 0 amide bonds. The Morgan fingerprint density at radius 2 is 1.59 bits per heavy atom. The Morgan fingerprint density at radius 1 is 1.04 bits per heavy atom. The van der Waals surface area contributed by atoms with Crippen LogP contribution in [0.25, 0.3) is 5.57 Å². The minimum Gasteiger partial charge on any atom is -0.352 e. The summed E-state index contributed by atoms with van der Waals surface area (Å²) in [5.41, 5.74) is -0.497. The summed E-state index contributed by atoms with van der Waals surface area (Å²) in [6.45, 7) is 4.21. The molecule has 1 aliphatic rings. The van der Waals surface area contributed by atoms with Crippen LogP contribution in [0.3, 0.4) is 0 Å². The number of rotatable bonds is 5. The summed E-state index contributed by atoms with van der Waals surface area (Å²) in [5, 5.41) is 4.73. The van der Waals surface area contributed by atoms with Gasteiger partial charge in [-0.15, -0.1) is 0 Å². The van der Waals surface area contributed by atoms with Crippen molar-refractivity contribution in [1.29, 1.82) is 0 Å². The Morgan fingerprint density at radius 3 is 2.11 bits per heavy atom. The second kappa shape index (κ2) is 7.31. The lowest BCUT2D eigenvalue weighted by Gasteiger charge is -2.22. The fraction of sp³-hybridized carbons (Fsp3) is 0.600. The van der Waals surface area contributed by atoms with Crippen LogP contribution in [0.15, 0.2) is 5.83 Å². The molecule has 0 spiro atoms. The van der Waals surface area contributed by atoms with Crippen molar-refractivity contribution in [1.82, 2.24) is 15.0 Å². The van der Waals surface area contributed by atoms with Crippen LogP contribution in [0.2, 0.25) is 0 Å². The molecule has 1 heterocycles. The lowest BCUT2D eigenvalue weighted by atomic mass is 9.93. The smallest absolute Gasteiger partial charge is 0.352 e. The number of anilines is 2. The molecule has 1 atom stereocenters. The molecule has 0 fully saturated rings. The Labute approximate surface area is 150 Å². The first-order chi connectivity index (χ1) is 12.3. The van der Waals surface area contributed by atoms with Crippen molar-refractivity contribution in [3.05, 3.63) is 11.7 Å². The summed E-state index contributed by atoms with van der Waals surface area (Å²) in [4.78, 5) is 22.8. The molecule has 1 aromatic heterocycles. The van der Waals surface area contributed by atoms with Gasteiger partial charge in [-0.1, -0.05) is 0 Å². The number of alkyl halides is 5. The number of hydrogen-bond acceptors (Lipinski definition) is 6. The maximum atomic E-state index is 14.1. The first kappa shape index (κ1) is 20.9. The first-order valence-corrected chi connectivity index (χ1v) is 7.98. The number of allylic oxidation sites excluding steroid dienone is 2. The lowest BCUT2D eigenvalue weighted by molar-refractivity contribution is -0.142. The third-order valence-electron chi connectivity index (χ3n) is 3.65. The van der Waals surface area contributed by atoms with Crippen LogP contribution in [0, 0.1) is 0 Å². The normalized spacial score (nSPS) is 18.7. The Balaban J connectivity index is 2.48. The first-order valence-electron chi connectivity index (χ1n) is 7.98. The molecule has 1 unspecified atom stereocenters. The number of aromatic nitrogens is 3. The number of nitrogens with zero attached hydrogens (tertiary/aromatic N) is 3. The van der Waals surface area contributed by atoms with Gasteiger partial charge in [0.05, 0.1) is 0 Å². The van der Waals surface area contributed by atoms with Crippen LogP contribution in [0.4, 0.5) is 38.2 Å². The van der Waals surface area contributed by atoms with Gasteiger partial charge in [-0.3, -0.25) is 4.79 Å². The van der Waals surface area contributed by atoms with E-state index in [9.17, 15) is 31.1 Å². The quantitative estimate of drug-likeness (QED) is 0.737. The highest BCUT2D eigenvalue weighted by Gasteiger charge is 2.46. The molecule has 0 radical (unpaired) electrons. The third-order valence-corrected chi connectivity index (χ3v) is 3.65. The van der Waals surface area contributed by atoms with E-state index in [-0.39, 0.29) is 12.0 Å². The summed E-state index contributed by atoms with van der Waals surface area (Å²) in [7, 11) is 0. The molecule has 12 heteroatoms. The van der Waals surface area contributed by atoms with Crippen LogP contribution in [-0.2, 0) is 4.79 Å². The van der Waals surface area contributed by atoms with Gasteiger partial charge >= 0.3 is 12.1 Å². The van der Waals surface area contributed by atoms with E-state index in [4.69, 9.17) is 0 Å². The van der Waals surface area contributed by atoms with Crippen LogP contribution in [0.1, 0.15) is 39.4 Å². The van der Waals surface area contributed by atoms with Crippen molar-refractivity contribution < 1.29 is 31.1 Å². The minimum atomic E-state index is -4.61. The van der Waals surface area contributed by atoms with Crippen molar-refractivity contribution in [2.24, 2.45) is 0 Å². The summed E-state index contributed by atoms with van der Waals surface area (Å²) in [6.07, 6.45) is -6.11. The molecule has 2 rings (SSSR count). The highest BCUT2D eigenvalue weighted by molar-refractivity contribution is 6.05. The maximum Gasteiger partial charge on any atom is 0.408 e. The molecule has 0 aliphatic heterocycles. The molecule has 1 aliphatic carbocycles. The van der Waals surface area contributed by atoms with Crippen molar-refractivity contribution in [3.8, 4) is 0 Å². The predicted octanol–water partition coefficient (Wildman–Crippen LogP) is 3.73. The summed E-state index contributed by atoms with van der Waals surface area (Å²) < 4.78 is 79.1. The van der Waals surface area contributed by atoms with Crippen molar-refractivity contribution in [2.45, 2.75) is 57.8 Å². The van der Waals surface area contributed by atoms with E-state index in [0.29, 0.717) is 0 Å². The van der Waals surface area contributed by atoms with Crippen molar-refractivity contribution in [3.63, 3.8) is 0 Å². The van der Waals surface area contributed by atoms with Crippen molar-refractivity contribution >= 4 is 23.3 Å². The SMILES string of the molecule is CC(C)Nc1nc(NC(C)C(F)(F)F)nc(C2=C(F)C(=O)C(F)(F)CC2)n1. The minimum absolute atomic E-state index is 0.183. The zero-order chi connectivity index (χ0) is 20.6. The topological polar surface area (TPSA) is 79.8 Å². The largest absolute Gasteiger partial charge is 0.408 e. The van der Waals surface area contributed by atoms with Crippen LogP contribution in [-0.4, -0.2) is 44.9 Å². The second-order valence-electron chi connectivity index (χ2n) is 6.34. The maximum absolute atomic E-state index is 14.1. The Bertz CT molecular complexity index is 762. The van der Waals surface area contributed by atoms with Gasteiger partial charge in [-0.25, -0.2) is 4.39 Å². The van der Waals surface area contributed by atoms with Gasteiger partial charge in [-0.05, 0) is 27.2 Å². The van der Waals surface area contributed by atoms with E-state index in [0.717, 1.165) is 6.92 Å². The molecular formula is C15H17F6N5O. The average molecular weight is 397 g/mol. The van der Waals surface area contributed by atoms with Crippen molar-refractivity contribution in [2.75, 3.05) is 10.6 Å². The van der Waals surface area contributed by atoms with Gasteiger partial charge in [0, 0.05) is 18.0 Å². The van der Waals surface area contributed by atoms with Crippen LogP contribution < -0.4 is 10.6 Å². The van der Waals surface area contributed by atoms with E-state index < -0.39 is 59.9 Å². The molecule has 6 nitrogen and oxygen atoms in total. The molecule has 0 bridgehead atoms. The van der Waals surface area contributed by atoms with E-state index in [1.165, 1.54) is 0 Å². The van der Waals surface area contributed by atoms with E-state index in [1.54, 1.807) is 13.8 Å². The predicted molar refractivity (Wildman–Crippen MR) is 84.9 cm³/mol. The van der Waals surface area contributed by atoms with Gasteiger partial charge in [0.15, 0.2) is 11.7 Å². The standard InChI is InChI=1S/C15H17F6N5O/c1-6(2)22-12-24-11(8-4-5-14(17,18)10(27)9(8)16)25-13(26-12)23-7(3)15(19,20)21/h6-7H,4-5H2,1-3H3,(H2,22,23,24,25,26). The molecule has 150 valence electrons. The molecule has 1 aromatic rings. The number of hydrogen-bond donors (Lipinski definition) is 2. The number of halogens is 6. The fourth-order valence-electron chi connectivity index (χ4n) is 2.19. The van der Waals surface area contributed by atoms with E-state index in [2.05, 4.69) is 20.3 Å². The Kier molecular flexibility index (Phi) is 5.66. The lowest BCUT2D eigenvalue weighted by Crippen LogP contribution is -2.34. The van der Waals surface area contributed by atoms with Gasteiger partial charge in [-0.2, -0.15) is 36.9 Å². The molecule has 0 saturated heterocycles. The number of carbonyl (C=O) groups excluding carboxylic acids is 1. The zero-order valence-corrected chi connectivity index (χ0v) is 14.6. The zero-order valence-electron chi connectivity index (χ0n) is 14.6. The number of Topliss-reactive ketones (excluding diaryl/α,β-unsaturated/α-hetero) is 1. The summed E-state index contributed by atoms with van der Waals surface area (Å²) in [5.74, 6) is -8.74. The Hall–Kier alpha value is -2.40. The monoisotopic (exact) mass is 397 g/mol. The average Bonchev–Trinajstić information content (AvgIpc) is 2.51. The van der Waals surface area contributed by atoms with Gasteiger partial charge in [0.25, 0.3) is 5.78 Å². The second-order valence-corrected chi connectivity index (χ2v) is 6.34. The highest BCUT2D eigenvalue weighted by Crippen LogP contribution is 2.38. The van der Waals surface area contributed by atoms with E-state index >= 15 is 0 Å². The number of nitrogens with one attached hydrogen (secondary N) is 2. The van der Waals surface area contributed by atoms with Gasteiger partial charge in [0.2, 0.25) is 11.9 Å². The van der Waals surface area contributed by atoms with E-state index in [1.807, 2.05) is 5.32 Å². The molecule has 0 saturated carbocycles. The van der Waals surface area contributed by atoms with Gasteiger partial charge < -0.3 is 10.6 Å². The molecular weight excluding hydrogens is 380 g/mol.